The van der Waals surface area contributed by atoms with Crippen LogP contribution >= 0.6 is 11.3 Å². The topological polar surface area (TPSA) is 92.6 Å². The highest BCUT2D eigenvalue weighted by molar-refractivity contribution is 7.17. The van der Waals surface area contributed by atoms with Gasteiger partial charge in [-0.1, -0.05) is 36.4 Å². The van der Waals surface area contributed by atoms with Gasteiger partial charge in [-0.25, -0.2) is 4.98 Å². The van der Waals surface area contributed by atoms with Gasteiger partial charge in [0.1, 0.15) is 5.01 Å². The average molecular weight is 436 g/mol. The summed E-state index contributed by atoms with van der Waals surface area (Å²) in [5.41, 5.74) is 2.15. The van der Waals surface area contributed by atoms with Crippen LogP contribution < -0.4 is 0 Å². The molecule has 1 aliphatic heterocycles. The van der Waals surface area contributed by atoms with Gasteiger partial charge in [0.05, 0.1) is 28.8 Å². The lowest BCUT2D eigenvalue weighted by molar-refractivity contribution is -0.130. The van der Waals surface area contributed by atoms with E-state index < -0.39 is 23.5 Å². The molecule has 1 unspecified atom stereocenters. The molecule has 0 spiro atoms. The van der Waals surface area contributed by atoms with Crippen LogP contribution in [0.4, 0.5) is 0 Å². The molecule has 3 heterocycles. The van der Waals surface area contributed by atoms with Crippen molar-refractivity contribution in [2.75, 3.05) is 20.3 Å². The van der Waals surface area contributed by atoms with E-state index in [4.69, 9.17) is 4.74 Å². The summed E-state index contributed by atoms with van der Waals surface area (Å²) in [5, 5.41) is 11.4. The second kappa shape index (κ2) is 8.79. The first-order valence-electron chi connectivity index (χ1n) is 9.73. The number of amides is 1. The zero-order valence-electron chi connectivity index (χ0n) is 17.1. The van der Waals surface area contributed by atoms with Crippen LogP contribution in [0.5, 0.6) is 0 Å². The number of pyridine rings is 1. The third kappa shape index (κ3) is 3.87. The Morgan fingerprint density at radius 2 is 2.00 bits per heavy atom. The minimum absolute atomic E-state index is 0.0421. The van der Waals surface area contributed by atoms with Crippen molar-refractivity contribution < 1.29 is 19.4 Å². The summed E-state index contributed by atoms with van der Waals surface area (Å²) in [7, 11) is 1.53. The molecule has 1 aliphatic rings. The monoisotopic (exact) mass is 435 g/mol. The Morgan fingerprint density at radius 3 is 2.68 bits per heavy atom. The van der Waals surface area contributed by atoms with Crippen molar-refractivity contribution in [3.05, 3.63) is 82.3 Å². The molecular weight excluding hydrogens is 414 g/mol. The van der Waals surface area contributed by atoms with Gasteiger partial charge in [0.15, 0.2) is 5.76 Å². The van der Waals surface area contributed by atoms with Gasteiger partial charge in [0, 0.05) is 31.6 Å². The molecule has 0 radical (unpaired) electrons. The third-order valence-electron chi connectivity index (χ3n) is 5.11. The molecular formula is C23H21N3O4S. The molecule has 1 atom stereocenters. The van der Waals surface area contributed by atoms with Crippen LogP contribution in [0, 0.1) is 6.92 Å². The fourth-order valence-electron chi connectivity index (χ4n) is 3.62. The van der Waals surface area contributed by atoms with Crippen molar-refractivity contribution in [3.8, 4) is 10.6 Å². The molecule has 4 rings (SSSR count). The minimum atomic E-state index is -0.745. The Morgan fingerprint density at radius 1 is 1.23 bits per heavy atom. The van der Waals surface area contributed by atoms with Gasteiger partial charge in [-0.2, -0.15) is 0 Å². The van der Waals surface area contributed by atoms with Gasteiger partial charge < -0.3 is 14.7 Å². The maximum Gasteiger partial charge on any atom is 0.290 e. The Kier molecular flexibility index (Phi) is 5.92. The highest BCUT2D eigenvalue weighted by atomic mass is 32.1. The van der Waals surface area contributed by atoms with Crippen LogP contribution in [-0.4, -0.2) is 51.9 Å². The van der Waals surface area contributed by atoms with Crippen LogP contribution in [0.25, 0.3) is 10.6 Å². The summed E-state index contributed by atoms with van der Waals surface area (Å²) in [6.45, 7) is 2.26. The predicted octanol–water partition coefficient (Wildman–Crippen LogP) is 3.74. The first kappa shape index (κ1) is 20.9. The highest BCUT2D eigenvalue weighted by Gasteiger charge is 2.44. The van der Waals surface area contributed by atoms with E-state index in [1.807, 2.05) is 30.3 Å². The summed E-state index contributed by atoms with van der Waals surface area (Å²) in [6.07, 6.45) is 3.21. The quantitative estimate of drug-likeness (QED) is 0.569. The number of methoxy groups -OCH3 is 1. The number of hydrogen-bond donors (Lipinski definition) is 1. The lowest BCUT2D eigenvalue weighted by Crippen LogP contribution is -2.34. The standard InChI is InChI=1S/C23H21N3O4S/c1-14-21(31-22(25-14)15-7-4-3-5-8-15)19(27)17-18(16-9-6-10-24-13-16)26(11-12-30-2)23(29)20(17)28/h3-10,13,18,28H,11-12H2,1-2H3. The number of ether oxygens (including phenoxy) is 1. The summed E-state index contributed by atoms with van der Waals surface area (Å²) < 4.78 is 5.12. The van der Waals surface area contributed by atoms with E-state index >= 15 is 0 Å². The van der Waals surface area contributed by atoms with Crippen molar-refractivity contribution in [1.82, 2.24) is 14.9 Å². The third-order valence-corrected chi connectivity index (χ3v) is 6.31. The van der Waals surface area contributed by atoms with Crippen molar-refractivity contribution in [2.45, 2.75) is 13.0 Å². The molecule has 158 valence electrons. The number of carbonyl (C=O) groups excluding carboxylic acids is 2. The molecule has 0 saturated carbocycles. The Bertz CT molecular complexity index is 1140. The Labute approximate surface area is 183 Å². The molecule has 8 heteroatoms. The number of rotatable bonds is 7. The lowest BCUT2D eigenvalue weighted by atomic mass is 9.96. The van der Waals surface area contributed by atoms with Gasteiger partial charge in [0.2, 0.25) is 5.78 Å². The summed E-state index contributed by atoms with van der Waals surface area (Å²) in [4.78, 5) is 36.9. The fraction of sp³-hybridized carbons (Fsp3) is 0.217. The molecule has 7 nitrogen and oxygen atoms in total. The lowest BCUT2D eigenvalue weighted by Gasteiger charge is -2.26. The van der Waals surface area contributed by atoms with Crippen LogP contribution in [0.3, 0.4) is 0 Å². The summed E-state index contributed by atoms with van der Waals surface area (Å²) >= 11 is 1.25. The number of Topliss-reactive ketones (excluding diaryl/α,β-unsaturated/α-hetero) is 1. The van der Waals surface area contributed by atoms with E-state index in [-0.39, 0.29) is 18.7 Å². The molecule has 31 heavy (non-hydrogen) atoms. The number of aliphatic hydroxyl groups is 1. The van der Waals surface area contributed by atoms with E-state index in [0.29, 0.717) is 21.1 Å². The van der Waals surface area contributed by atoms with Crippen LogP contribution in [0.15, 0.2) is 66.2 Å². The molecule has 0 aliphatic carbocycles. The Balaban J connectivity index is 1.77. The van der Waals surface area contributed by atoms with Crippen molar-refractivity contribution >= 4 is 23.0 Å². The highest BCUT2D eigenvalue weighted by Crippen LogP contribution is 2.40. The molecule has 0 saturated heterocycles. The number of ketones is 1. The smallest absolute Gasteiger partial charge is 0.290 e. The maximum atomic E-state index is 13.6. The van der Waals surface area contributed by atoms with Gasteiger partial charge in [-0.3, -0.25) is 14.6 Å². The van der Waals surface area contributed by atoms with Gasteiger partial charge in [0.25, 0.3) is 5.91 Å². The zero-order chi connectivity index (χ0) is 22.0. The van der Waals surface area contributed by atoms with E-state index in [2.05, 4.69) is 9.97 Å². The summed E-state index contributed by atoms with van der Waals surface area (Å²) in [6, 6.07) is 12.3. The first-order chi connectivity index (χ1) is 15.0. The molecule has 3 aromatic rings. The summed E-state index contributed by atoms with van der Waals surface area (Å²) in [5.74, 6) is -1.54. The predicted molar refractivity (Wildman–Crippen MR) is 117 cm³/mol. The number of hydrogen-bond acceptors (Lipinski definition) is 7. The van der Waals surface area contributed by atoms with Crippen molar-refractivity contribution in [3.63, 3.8) is 0 Å². The van der Waals surface area contributed by atoms with Crippen LogP contribution in [0.2, 0.25) is 0 Å². The molecule has 0 bridgehead atoms. The van der Waals surface area contributed by atoms with Gasteiger partial charge >= 0.3 is 0 Å². The van der Waals surface area contributed by atoms with Gasteiger partial charge in [-0.05, 0) is 18.6 Å². The Hall–Kier alpha value is -3.36. The van der Waals surface area contributed by atoms with E-state index in [0.717, 1.165) is 5.56 Å². The number of aliphatic hydroxyl groups excluding tert-OH is 1. The average Bonchev–Trinajstić information content (AvgIpc) is 3.31. The minimum Gasteiger partial charge on any atom is -0.503 e. The number of thiazole rings is 1. The zero-order valence-corrected chi connectivity index (χ0v) is 17.9. The number of nitrogens with zero attached hydrogens (tertiary/aromatic N) is 3. The van der Waals surface area contributed by atoms with Crippen molar-refractivity contribution in [1.29, 1.82) is 0 Å². The second-order valence-electron chi connectivity index (χ2n) is 7.07. The molecule has 1 N–H and O–H groups in total. The molecule has 1 aromatic carbocycles. The number of carbonyl (C=O) groups is 2. The normalized spacial score (nSPS) is 16.3. The van der Waals surface area contributed by atoms with E-state index in [1.54, 1.807) is 31.5 Å². The first-order valence-corrected chi connectivity index (χ1v) is 10.5. The van der Waals surface area contributed by atoms with Crippen LogP contribution in [0.1, 0.15) is 27.0 Å². The largest absolute Gasteiger partial charge is 0.503 e. The molecule has 0 fully saturated rings. The molecule has 2 aromatic heterocycles. The molecule has 1 amide bonds. The fourth-order valence-corrected chi connectivity index (χ4v) is 4.65. The van der Waals surface area contributed by atoms with Crippen molar-refractivity contribution in [2.24, 2.45) is 0 Å². The second-order valence-corrected chi connectivity index (χ2v) is 8.07. The van der Waals surface area contributed by atoms with E-state index in [1.165, 1.54) is 23.3 Å². The van der Waals surface area contributed by atoms with Gasteiger partial charge in [-0.15, -0.1) is 11.3 Å². The number of aromatic nitrogens is 2. The number of aryl methyl sites for hydroxylation is 1. The maximum absolute atomic E-state index is 13.6. The van der Waals surface area contributed by atoms with Crippen LogP contribution in [-0.2, 0) is 9.53 Å². The SMILES string of the molecule is COCCN1C(=O)C(O)=C(C(=O)c2sc(-c3ccccc3)nc2C)C1c1cccnc1. The van der Waals surface area contributed by atoms with E-state index in [9.17, 15) is 14.7 Å². The number of benzene rings is 1.